The van der Waals surface area contributed by atoms with Crippen molar-refractivity contribution in [2.75, 3.05) is 13.4 Å². The third-order valence-corrected chi connectivity index (χ3v) is 5.39. The van der Waals surface area contributed by atoms with Gasteiger partial charge in [-0.2, -0.15) is 11.8 Å². The highest BCUT2D eigenvalue weighted by Gasteiger charge is 2.25. The van der Waals surface area contributed by atoms with Crippen LogP contribution in [0, 0.1) is 0 Å². The van der Waals surface area contributed by atoms with Gasteiger partial charge in [0.25, 0.3) is 0 Å². The summed E-state index contributed by atoms with van der Waals surface area (Å²) in [7, 11) is 1.75. The molecule has 0 aromatic heterocycles. The minimum Gasteiger partial charge on any atom is -0.496 e. The van der Waals surface area contributed by atoms with E-state index in [0.717, 1.165) is 17.4 Å². The van der Waals surface area contributed by atoms with E-state index in [9.17, 15) is 0 Å². The zero-order valence-electron chi connectivity index (χ0n) is 12.9. The smallest absolute Gasteiger partial charge is 0.122 e. The van der Waals surface area contributed by atoms with Gasteiger partial charge in [-0.3, -0.25) is 0 Å². The largest absolute Gasteiger partial charge is 0.496 e. The summed E-state index contributed by atoms with van der Waals surface area (Å²) >= 11 is 2.02. The fourth-order valence-electron chi connectivity index (χ4n) is 3.20. The number of hydrogen-bond acceptors (Lipinski definition) is 3. The molecule has 3 unspecified atom stereocenters. The first-order valence-electron chi connectivity index (χ1n) is 7.65. The molecule has 1 saturated carbocycles. The van der Waals surface area contributed by atoms with Gasteiger partial charge < -0.3 is 10.1 Å². The van der Waals surface area contributed by atoms with Crippen LogP contribution in [0.1, 0.15) is 38.2 Å². The summed E-state index contributed by atoms with van der Waals surface area (Å²) in [6, 6.07) is 9.51. The normalized spacial score (nSPS) is 24.4. The molecule has 1 aliphatic rings. The predicted octanol–water partition coefficient (Wildman–Crippen LogP) is 3.89. The van der Waals surface area contributed by atoms with Crippen LogP contribution >= 0.6 is 11.8 Å². The van der Waals surface area contributed by atoms with Gasteiger partial charge in [-0.05, 0) is 44.1 Å². The van der Waals surface area contributed by atoms with Crippen LogP contribution in [0.5, 0.6) is 5.75 Å². The molecule has 1 aliphatic carbocycles. The Bertz CT molecular complexity index is 410. The molecule has 1 fully saturated rings. The van der Waals surface area contributed by atoms with Gasteiger partial charge in [0, 0.05) is 17.3 Å². The summed E-state index contributed by atoms with van der Waals surface area (Å²) in [6.07, 6.45) is 8.72. The Morgan fingerprint density at radius 1 is 1.30 bits per heavy atom. The molecule has 0 radical (unpaired) electrons. The highest BCUT2D eigenvalue weighted by Crippen LogP contribution is 2.28. The zero-order valence-corrected chi connectivity index (χ0v) is 13.7. The summed E-state index contributed by atoms with van der Waals surface area (Å²) in [4.78, 5) is 0. The number of methoxy groups -OCH3 is 1. The highest BCUT2D eigenvalue weighted by atomic mass is 32.2. The molecule has 3 atom stereocenters. The fraction of sp³-hybridized carbons (Fsp3) is 0.647. The fourth-order valence-corrected chi connectivity index (χ4v) is 4.14. The van der Waals surface area contributed by atoms with Gasteiger partial charge in [0.05, 0.1) is 7.11 Å². The number of para-hydroxylation sites is 1. The molecule has 1 aromatic carbocycles. The molecule has 0 heterocycles. The Morgan fingerprint density at radius 3 is 2.80 bits per heavy atom. The Hall–Kier alpha value is -0.670. The zero-order chi connectivity index (χ0) is 14.4. The standard InChI is InChI=1S/C17H27NOS/c1-13(12-14-8-4-6-10-16(14)19-2)18-15-9-5-7-11-17(15)20-3/h4,6,8,10,13,15,17-18H,5,7,9,11-12H2,1-3H3. The van der Waals surface area contributed by atoms with Crippen molar-refractivity contribution in [3.05, 3.63) is 29.8 Å². The maximum absolute atomic E-state index is 5.45. The minimum absolute atomic E-state index is 0.490. The average Bonchev–Trinajstić information content (AvgIpc) is 2.48. The Kier molecular flexibility index (Phi) is 6.24. The lowest BCUT2D eigenvalue weighted by Gasteiger charge is -2.33. The lowest BCUT2D eigenvalue weighted by Crippen LogP contribution is -2.45. The van der Waals surface area contributed by atoms with Gasteiger partial charge in [0.1, 0.15) is 5.75 Å². The van der Waals surface area contributed by atoms with Gasteiger partial charge in [0.15, 0.2) is 0 Å². The van der Waals surface area contributed by atoms with Gasteiger partial charge in [-0.25, -0.2) is 0 Å². The van der Waals surface area contributed by atoms with Crippen molar-refractivity contribution >= 4 is 11.8 Å². The second kappa shape index (κ2) is 7.94. The SMILES string of the molecule is COc1ccccc1CC(C)NC1CCCCC1SC. The highest BCUT2D eigenvalue weighted by molar-refractivity contribution is 7.99. The topological polar surface area (TPSA) is 21.3 Å². The Labute approximate surface area is 127 Å². The first kappa shape index (κ1) is 15.7. The van der Waals surface area contributed by atoms with Crippen molar-refractivity contribution in [3.63, 3.8) is 0 Å². The van der Waals surface area contributed by atoms with E-state index >= 15 is 0 Å². The van der Waals surface area contributed by atoms with E-state index in [1.807, 2.05) is 23.9 Å². The molecule has 0 bridgehead atoms. The lowest BCUT2D eigenvalue weighted by atomic mass is 9.93. The molecule has 0 aliphatic heterocycles. The van der Waals surface area contributed by atoms with Crippen molar-refractivity contribution in [1.29, 1.82) is 0 Å². The van der Waals surface area contributed by atoms with Crippen LogP contribution in [0.2, 0.25) is 0 Å². The van der Waals surface area contributed by atoms with E-state index in [0.29, 0.717) is 12.1 Å². The number of ether oxygens (including phenoxy) is 1. The number of rotatable bonds is 6. The molecule has 0 amide bonds. The van der Waals surface area contributed by atoms with Crippen LogP contribution in [-0.4, -0.2) is 30.7 Å². The average molecular weight is 293 g/mol. The van der Waals surface area contributed by atoms with Crippen molar-refractivity contribution in [3.8, 4) is 5.75 Å². The summed E-state index contributed by atoms with van der Waals surface area (Å²) in [6.45, 7) is 2.29. The molecular formula is C17H27NOS. The van der Waals surface area contributed by atoms with Crippen LogP contribution in [-0.2, 0) is 6.42 Å². The van der Waals surface area contributed by atoms with E-state index in [-0.39, 0.29) is 0 Å². The number of hydrogen-bond donors (Lipinski definition) is 1. The molecule has 0 saturated heterocycles. The van der Waals surface area contributed by atoms with Gasteiger partial charge in [0.2, 0.25) is 0 Å². The van der Waals surface area contributed by atoms with E-state index in [2.05, 4.69) is 30.6 Å². The van der Waals surface area contributed by atoms with Crippen molar-refractivity contribution < 1.29 is 4.74 Å². The molecule has 112 valence electrons. The van der Waals surface area contributed by atoms with Crippen molar-refractivity contribution in [2.45, 2.75) is 56.4 Å². The van der Waals surface area contributed by atoms with Gasteiger partial charge in [-0.15, -0.1) is 0 Å². The van der Waals surface area contributed by atoms with Crippen molar-refractivity contribution in [2.24, 2.45) is 0 Å². The summed E-state index contributed by atoms with van der Waals surface area (Å²) in [5.41, 5.74) is 1.30. The van der Waals surface area contributed by atoms with Crippen LogP contribution in [0.15, 0.2) is 24.3 Å². The van der Waals surface area contributed by atoms with Crippen molar-refractivity contribution in [1.82, 2.24) is 5.32 Å². The third-order valence-electron chi connectivity index (χ3n) is 4.22. The predicted molar refractivity (Wildman–Crippen MR) is 88.9 cm³/mol. The molecular weight excluding hydrogens is 266 g/mol. The summed E-state index contributed by atoms with van der Waals surface area (Å²) in [5.74, 6) is 1.01. The maximum atomic E-state index is 5.45. The molecule has 2 rings (SSSR count). The third kappa shape index (κ3) is 4.16. The molecule has 1 aromatic rings. The monoisotopic (exact) mass is 293 g/mol. The van der Waals surface area contributed by atoms with Crippen LogP contribution in [0.25, 0.3) is 0 Å². The lowest BCUT2D eigenvalue weighted by molar-refractivity contribution is 0.349. The van der Waals surface area contributed by atoms with Gasteiger partial charge >= 0.3 is 0 Å². The van der Waals surface area contributed by atoms with Crippen LogP contribution < -0.4 is 10.1 Å². The molecule has 3 heteroatoms. The quantitative estimate of drug-likeness (QED) is 0.860. The number of nitrogens with one attached hydrogen (secondary N) is 1. The van der Waals surface area contributed by atoms with E-state index < -0.39 is 0 Å². The van der Waals surface area contributed by atoms with Crippen LogP contribution in [0.4, 0.5) is 0 Å². The first-order valence-corrected chi connectivity index (χ1v) is 8.94. The maximum Gasteiger partial charge on any atom is 0.122 e. The van der Waals surface area contributed by atoms with Crippen LogP contribution in [0.3, 0.4) is 0 Å². The number of thioether (sulfide) groups is 1. The molecule has 1 N–H and O–H groups in total. The number of benzene rings is 1. The Morgan fingerprint density at radius 2 is 2.05 bits per heavy atom. The first-order chi connectivity index (χ1) is 9.74. The van der Waals surface area contributed by atoms with E-state index in [1.165, 1.54) is 31.2 Å². The minimum atomic E-state index is 0.490. The molecule has 2 nitrogen and oxygen atoms in total. The molecule has 20 heavy (non-hydrogen) atoms. The van der Waals surface area contributed by atoms with E-state index in [1.54, 1.807) is 7.11 Å². The Balaban J connectivity index is 1.92. The summed E-state index contributed by atoms with van der Waals surface area (Å²) < 4.78 is 5.45. The second-order valence-electron chi connectivity index (χ2n) is 5.75. The summed E-state index contributed by atoms with van der Waals surface area (Å²) in [5, 5.41) is 4.62. The molecule has 0 spiro atoms. The second-order valence-corrected chi connectivity index (χ2v) is 6.83. The van der Waals surface area contributed by atoms with E-state index in [4.69, 9.17) is 4.74 Å². The van der Waals surface area contributed by atoms with Gasteiger partial charge in [-0.1, -0.05) is 31.0 Å².